The number of benzene rings is 1. The summed E-state index contributed by atoms with van der Waals surface area (Å²) in [4.78, 5) is 24.9. The monoisotopic (exact) mass is 317 g/mol. The molecule has 0 aromatic heterocycles. The number of carbonyl (C=O) groups is 2. The highest BCUT2D eigenvalue weighted by Gasteiger charge is 2.38. The SMILES string of the molecule is NC(=O)C1CC(O)CN1C(=O)c1cc(N)c(Cl)c(Cl)c1. The molecule has 8 heteroatoms. The Kier molecular flexibility index (Phi) is 4.08. The summed E-state index contributed by atoms with van der Waals surface area (Å²) in [5.74, 6) is -1.14. The summed E-state index contributed by atoms with van der Waals surface area (Å²) in [5.41, 5.74) is 11.2. The molecular formula is C12H13Cl2N3O3. The third-order valence-electron chi connectivity index (χ3n) is 3.17. The number of nitrogen functional groups attached to an aromatic ring is 1. The Bertz CT molecular complexity index is 556. The third-order valence-corrected chi connectivity index (χ3v) is 3.99. The average molecular weight is 318 g/mol. The molecule has 0 saturated carbocycles. The second-order valence-electron chi connectivity index (χ2n) is 4.63. The van der Waals surface area contributed by atoms with Crippen LogP contribution < -0.4 is 11.5 Å². The van der Waals surface area contributed by atoms with E-state index in [0.717, 1.165) is 0 Å². The van der Waals surface area contributed by atoms with E-state index in [0.29, 0.717) is 0 Å². The van der Waals surface area contributed by atoms with Crippen molar-refractivity contribution in [2.24, 2.45) is 5.73 Å². The average Bonchev–Trinajstić information content (AvgIpc) is 2.76. The normalized spacial score (nSPS) is 22.1. The predicted molar refractivity (Wildman–Crippen MR) is 75.5 cm³/mol. The number of hydrogen-bond donors (Lipinski definition) is 3. The Hall–Kier alpha value is -1.50. The molecule has 0 radical (unpaired) electrons. The standard InChI is InChI=1S/C12H13Cl2N3O3/c13-7-1-5(2-8(15)10(7)14)12(20)17-4-6(18)3-9(17)11(16)19/h1-2,6,9,18H,3-4,15H2,(H2,16,19). The molecule has 0 bridgehead atoms. The van der Waals surface area contributed by atoms with E-state index in [9.17, 15) is 14.7 Å². The van der Waals surface area contributed by atoms with Crippen molar-refractivity contribution in [2.45, 2.75) is 18.6 Å². The molecule has 5 N–H and O–H groups in total. The minimum atomic E-state index is -0.840. The van der Waals surface area contributed by atoms with Gasteiger partial charge in [-0.3, -0.25) is 9.59 Å². The second-order valence-corrected chi connectivity index (χ2v) is 5.41. The zero-order valence-electron chi connectivity index (χ0n) is 10.3. The van der Waals surface area contributed by atoms with Crippen molar-refractivity contribution in [3.63, 3.8) is 0 Å². The number of β-amino-alcohol motifs (C(OH)–C–C–N with tert-alkyl or cyclic N) is 1. The van der Waals surface area contributed by atoms with Crippen LogP contribution in [0.4, 0.5) is 5.69 Å². The molecule has 108 valence electrons. The van der Waals surface area contributed by atoms with Crippen LogP contribution in [0.2, 0.25) is 10.0 Å². The highest BCUT2D eigenvalue weighted by molar-refractivity contribution is 6.43. The van der Waals surface area contributed by atoms with Crippen molar-refractivity contribution in [3.8, 4) is 0 Å². The van der Waals surface area contributed by atoms with Crippen LogP contribution in [0.3, 0.4) is 0 Å². The number of rotatable bonds is 2. The Labute approximate surface area is 125 Å². The second kappa shape index (κ2) is 5.47. The third kappa shape index (κ3) is 2.67. The molecule has 20 heavy (non-hydrogen) atoms. The van der Waals surface area contributed by atoms with Crippen LogP contribution in [-0.2, 0) is 4.79 Å². The maximum absolute atomic E-state index is 12.4. The molecular weight excluding hydrogens is 305 g/mol. The zero-order valence-corrected chi connectivity index (χ0v) is 11.9. The number of primary amides is 1. The van der Waals surface area contributed by atoms with Gasteiger partial charge in [0, 0.05) is 18.5 Å². The lowest BCUT2D eigenvalue weighted by atomic mass is 10.1. The summed E-state index contributed by atoms with van der Waals surface area (Å²) in [6.07, 6.45) is -0.658. The van der Waals surface area contributed by atoms with Crippen molar-refractivity contribution in [1.82, 2.24) is 4.90 Å². The number of amides is 2. The number of nitrogens with two attached hydrogens (primary N) is 2. The number of hydrogen-bond acceptors (Lipinski definition) is 4. The van der Waals surface area contributed by atoms with Gasteiger partial charge >= 0.3 is 0 Å². The van der Waals surface area contributed by atoms with Crippen LogP contribution in [0.15, 0.2) is 12.1 Å². The predicted octanol–water partition coefficient (Wildman–Crippen LogP) is 0.636. The first-order valence-corrected chi connectivity index (χ1v) is 6.59. The van der Waals surface area contributed by atoms with E-state index in [-0.39, 0.29) is 34.3 Å². The molecule has 1 saturated heterocycles. The Morgan fingerprint density at radius 3 is 2.55 bits per heavy atom. The number of aliphatic hydroxyl groups is 1. The van der Waals surface area contributed by atoms with Crippen molar-refractivity contribution in [1.29, 1.82) is 0 Å². The lowest BCUT2D eigenvalue weighted by Crippen LogP contribution is -2.43. The Balaban J connectivity index is 2.33. The van der Waals surface area contributed by atoms with E-state index in [4.69, 9.17) is 34.7 Å². The highest BCUT2D eigenvalue weighted by Crippen LogP contribution is 2.31. The minimum absolute atomic E-state index is 0.0343. The number of nitrogens with zero attached hydrogens (tertiary/aromatic N) is 1. The first-order valence-electron chi connectivity index (χ1n) is 5.84. The number of aliphatic hydroxyl groups excluding tert-OH is 1. The fourth-order valence-corrected chi connectivity index (χ4v) is 2.54. The molecule has 2 rings (SSSR count). The van der Waals surface area contributed by atoms with Gasteiger partial charge in [-0.05, 0) is 12.1 Å². The molecule has 1 aromatic carbocycles. The molecule has 2 atom stereocenters. The fraction of sp³-hybridized carbons (Fsp3) is 0.333. The van der Waals surface area contributed by atoms with Crippen LogP contribution in [0.25, 0.3) is 0 Å². The van der Waals surface area contributed by atoms with Crippen molar-refractivity contribution in [3.05, 3.63) is 27.7 Å². The number of anilines is 1. The fourth-order valence-electron chi connectivity index (χ4n) is 2.21. The zero-order chi connectivity index (χ0) is 15.0. The largest absolute Gasteiger partial charge is 0.397 e. The van der Waals surface area contributed by atoms with Crippen molar-refractivity contribution >= 4 is 40.7 Å². The van der Waals surface area contributed by atoms with Crippen LogP contribution >= 0.6 is 23.2 Å². The number of likely N-dealkylation sites (tertiary alicyclic amines) is 1. The van der Waals surface area contributed by atoms with Crippen LogP contribution in [-0.4, -0.2) is 40.5 Å². The number of halogens is 2. The van der Waals surface area contributed by atoms with Gasteiger partial charge in [0.05, 0.1) is 21.8 Å². The van der Waals surface area contributed by atoms with E-state index in [2.05, 4.69) is 0 Å². The van der Waals surface area contributed by atoms with Gasteiger partial charge < -0.3 is 21.5 Å². The molecule has 2 amide bonds. The molecule has 0 spiro atoms. The molecule has 6 nitrogen and oxygen atoms in total. The summed E-state index contributed by atoms with van der Waals surface area (Å²) in [5, 5.41) is 9.90. The van der Waals surface area contributed by atoms with Gasteiger partial charge in [0.1, 0.15) is 6.04 Å². The van der Waals surface area contributed by atoms with Gasteiger partial charge in [0.2, 0.25) is 5.91 Å². The van der Waals surface area contributed by atoms with Gasteiger partial charge in [0.25, 0.3) is 5.91 Å². The van der Waals surface area contributed by atoms with E-state index in [1.165, 1.54) is 17.0 Å². The molecule has 2 unspecified atom stereocenters. The van der Waals surface area contributed by atoms with E-state index >= 15 is 0 Å². The lowest BCUT2D eigenvalue weighted by Gasteiger charge is -2.22. The van der Waals surface area contributed by atoms with Gasteiger partial charge in [-0.25, -0.2) is 0 Å². The Morgan fingerprint density at radius 2 is 2.00 bits per heavy atom. The summed E-state index contributed by atoms with van der Waals surface area (Å²) in [7, 11) is 0. The summed E-state index contributed by atoms with van der Waals surface area (Å²) >= 11 is 11.7. The highest BCUT2D eigenvalue weighted by atomic mass is 35.5. The van der Waals surface area contributed by atoms with Crippen LogP contribution in [0.5, 0.6) is 0 Å². The summed E-state index contributed by atoms with van der Waals surface area (Å²) < 4.78 is 0. The molecule has 1 aliphatic heterocycles. The molecule has 1 aromatic rings. The smallest absolute Gasteiger partial charge is 0.254 e. The van der Waals surface area contributed by atoms with Crippen molar-refractivity contribution < 1.29 is 14.7 Å². The van der Waals surface area contributed by atoms with E-state index in [1.54, 1.807) is 0 Å². The van der Waals surface area contributed by atoms with Gasteiger partial charge in [-0.15, -0.1) is 0 Å². The lowest BCUT2D eigenvalue weighted by molar-refractivity contribution is -0.121. The van der Waals surface area contributed by atoms with Gasteiger partial charge in [0.15, 0.2) is 0 Å². The number of carbonyl (C=O) groups excluding carboxylic acids is 2. The molecule has 0 aliphatic carbocycles. The molecule has 1 heterocycles. The Morgan fingerprint density at radius 1 is 1.35 bits per heavy atom. The van der Waals surface area contributed by atoms with Gasteiger partial charge in [-0.2, -0.15) is 0 Å². The van der Waals surface area contributed by atoms with Crippen LogP contribution in [0, 0.1) is 0 Å². The topological polar surface area (TPSA) is 110 Å². The first-order chi connectivity index (χ1) is 9.31. The van der Waals surface area contributed by atoms with Crippen LogP contribution in [0.1, 0.15) is 16.8 Å². The van der Waals surface area contributed by atoms with Gasteiger partial charge in [-0.1, -0.05) is 23.2 Å². The maximum atomic E-state index is 12.4. The first kappa shape index (κ1) is 14.9. The van der Waals surface area contributed by atoms with E-state index < -0.39 is 24.0 Å². The molecule has 1 aliphatic rings. The van der Waals surface area contributed by atoms with E-state index in [1.807, 2.05) is 0 Å². The summed E-state index contributed by atoms with van der Waals surface area (Å²) in [6.45, 7) is 0.0343. The minimum Gasteiger partial charge on any atom is -0.397 e. The quantitative estimate of drug-likeness (QED) is 0.695. The molecule has 1 fully saturated rings. The maximum Gasteiger partial charge on any atom is 0.254 e. The summed E-state index contributed by atoms with van der Waals surface area (Å²) in [6, 6.07) is 1.90. The van der Waals surface area contributed by atoms with Crippen molar-refractivity contribution in [2.75, 3.05) is 12.3 Å².